The van der Waals surface area contributed by atoms with Gasteiger partial charge in [-0.25, -0.2) is 4.39 Å². The lowest BCUT2D eigenvalue weighted by atomic mass is 9.88. The molecule has 0 aliphatic heterocycles. The van der Waals surface area contributed by atoms with Crippen LogP contribution >= 0.6 is 0 Å². The highest BCUT2D eigenvalue weighted by atomic mass is 19.1. The largest absolute Gasteiger partial charge is 0.348 e. The van der Waals surface area contributed by atoms with Crippen molar-refractivity contribution in [2.75, 3.05) is 0 Å². The van der Waals surface area contributed by atoms with Gasteiger partial charge in [0.25, 0.3) is 0 Å². The quantitative estimate of drug-likeness (QED) is 0.784. The molecule has 1 aliphatic carbocycles. The predicted molar refractivity (Wildman–Crippen MR) is 93.5 cm³/mol. The SMILES string of the molecule is O=C(Cn1nnc(-c2cccc(F)c2)n1)N[C@@H]1CCCc2ccccc21. The van der Waals surface area contributed by atoms with E-state index in [0.717, 1.165) is 19.3 Å². The molecule has 26 heavy (non-hydrogen) atoms. The molecule has 3 aromatic rings. The van der Waals surface area contributed by atoms with E-state index in [1.54, 1.807) is 12.1 Å². The summed E-state index contributed by atoms with van der Waals surface area (Å²) in [7, 11) is 0. The van der Waals surface area contributed by atoms with Gasteiger partial charge in [-0.1, -0.05) is 36.4 Å². The Balaban J connectivity index is 1.43. The van der Waals surface area contributed by atoms with Gasteiger partial charge in [0.2, 0.25) is 11.7 Å². The Kier molecular flexibility index (Phi) is 4.43. The Labute approximate surface area is 150 Å². The van der Waals surface area contributed by atoms with Gasteiger partial charge in [0.1, 0.15) is 12.4 Å². The Bertz CT molecular complexity index is 939. The first-order valence-corrected chi connectivity index (χ1v) is 8.60. The minimum absolute atomic E-state index is 0.0126. The summed E-state index contributed by atoms with van der Waals surface area (Å²) in [6, 6.07) is 14.2. The van der Waals surface area contributed by atoms with E-state index in [1.807, 2.05) is 12.1 Å². The molecule has 0 saturated heterocycles. The summed E-state index contributed by atoms with van der Waals surface area (Å²) in [5.74, 6) is -0.247. The summed E-state index contributed by atoms with van der Waals surface area (Å²) in [4.78, 5) is 13.6. The van der Waals surface area contributed by atoms with Gasteiger partial charge in [0.15, 0.2) is 0 Å². The summed E-state index contributed by atoms with van der Waals surface area (Å²) in [6.45, 7) is -0.0268. The molecule has 1 aromatic heterocycles. The summed E-state index contributed by atoms with van der Waals surface area (Å²) in [5.41, 5.74) is 2.99. The minimum atomic E-state index is -0.368. The predicted octanol–water partition coefficient (Wildman–Crippen LogP) is 2.67. The number of halogens is 1. The smallest absolute Gasteiger partial charge is 0.244 e. The molecule has 1 heterocycles. The molecule has 1 N–H and O–H groups in total. The summed E-state index contributed by atoms with van der Waals surface area (Å²) >= 11 is 0. The number of amides is 1. The van der Waals surface area contributed by atoms with E-state index in [2.05, 4.69) is 32.9 Å². The molecule has 0 unspecified atom stereocenters. The molecule has 4 rings (SSSR count). The standard InChI is InChI=1S/C19H18FN5O/c20-15-8-3-7-14(11-15)19-22-24-25(23-19)12-18(26)21-17-10-4-6-13-5-1-2-9-16(13)17/h1-3,5,7-9,11,17H,4,6,10,12H2,(H,21,26)/t17-/m1/s1. The lowest BCUT2D eigenvalue weighted by Crippen LogP contribution is -2.34. The van der Waals surface area contributed by atoms with Gasteiger partial charge in [-0.2, -0.15) is 4.80 Å². The van der Waals surface area contributed by atoms with Gasteiger partial charge in [0, 0.05) is 5.56 Å². The second-order valence-electron chi connectivity index (χ2n) is 6.36. The van der Waals surface area contributed by atoms with E-state index in [0.29, 0.717) is 11.4 Å². The Morgan fingerprint density at radius 1 is 1.23 bits per heavy atom. The molecule has 6 nitrogen and oxygen atoms in total. The average molecular weight is 351 g/mol. The van der Waals surface area contributed by atoms with E-state index in [9.17, 15) is 9.18 Å². The molecule has 2 aromatic carbocycles. The van der Waals surface area contributed by atoms with Crippen LogP contribution in [-0.4, -0.2) is 26.1 Å². The van der Waals surface area contributed by atoms with Crippen LogP contribution in [0.5, 0.6) is 0 Å². The zero-order valence-corrected chi connectivity index (χ0v) is 14.1. The van der Waals surface area contributed by atoms with Crippen LogP contribution in [0, 0.1) is 5.82 Å². The topological polar surface area (TPSA) is 72.7 Å². The van der Waals surface area contributed by atoms with Gasteiger partial charge < -0.3 is 5.32 Å². The maximum atomic E-state index is 13.3. The molecule has 1 atom stereocenters. The number of aromatic nitrogens is 4. The number of carbonyl (C=O) groups excluding carboxylic acids is 1. The van der Waals surface area contributed by atoms with E-state index >= 15 is 0 Å². The number of hydrogen-bond acceptors (Lipinski definition) is 4. The first kappa shape index (κ1) is 16.4. The number of nitrogens with one attached hydrogen (secondary N) is 1. The molecule has 7 heteroatoms. The summed E-state index contributed by atoms with van der Waals surface area (Å²) in [5, 5.41) is 15.0. The molecule has 132 valence electrons. The molecule has 1 aliphatic rings. The number of carbonyl (C=O) groups is 1. The first-order valence-electron chi connectivity index (χ1n) is 8.60. The third-order valence-electron chi connectivity index (χ3n) is 4.53. The fourth-order valence-corrected chi connectivity index (χ4v) is 3.33. The molecule has 0 fully saturated rings. The third-order valence-corrected chi connectivity index (χ3v) is 4.53. The van der Waals surface area contributed by atoms with Crippen LogP contribution in [0.25, 0.3) is 11.4 Å². The van der Waals surface area contributed by atoms with Crippen LogP contribution in [0.3, 0.4) is 0 Å². The van der Waals surface area contributed by atoms with Crippen molar-refractivity contribution in [1.29, 1.82) is 0 Å². The van der Waals surface area contributed by atoms with Crippen molar-refractivity contribution in [1.82, 2.24) is 25.5 Å². The number of tetrazole rings is 1. The van der Waals surface area contributed by atoms with E-state index < -0.39 is 0 Å². The molecule has 0 spiro atoms. The number of rotatable bonds is 4. The van der Waals surface area contributed by atoms with Gasteiger partial charge in [0.05, 0.1) is 6.04 Å². The maximum absolute atomic E-state index is 13.3. The Hall–Kier alpha value is -3.09. The van der Waals surface area contributed by atoms with Crippen molar-refractivity contribution in [2.24, 2.45) is 0 Å². The molecule has 0 bridgehead atoms. The van der Waals surface area contributed by atoms with Crippen molar-refractivity contribution in [3.05, 3.63) is 65.5 Å². The second kappa shape index (κ2) is 7.03. The average Bonchev–Trinajstić information content (AvgIpc) is 3.10. The monoisotopic (exact) mass is 351 g/mol. The lowest BCUT2D eigenvalue weighted by Gasteiger charge is -2.26. The van der Waals surface area contributed by atoms with E-state index in [4.69, 9.17) is 0 Å². The van der Waals surface area contributed by atoms with Crippen molar-refractivity contribution in [3.63, 3.8) is 0 Å². The zero-order valence-electron chi connectivity index (χ0n) is 14.1. The van der Waals surface area contributed by atoms with Crippen molar-refractivity contribution in [2.45, 2.75) is 31.8 Å². The van der Waals surface area contributed by atoms with E-state index in [-0.39, 0.29) is 24.3 Å². The van der Waals surface area contributed by atoms with Crippen LogP contribution in [-0.2, 0) is 17.8 Å². The normalized spacial score (nSPS) is 16.1. The molecule has 0 saturated carbocycles. The van der Waals surface area contributed by atoms with Crippen molar-refractivity contribution >= 4 is 5.91 Å². The fourth-order valence-electron chi connectivity index (χ4n) is 3.33. The highest BCUT2D eigenvalue weighted by molar-refractivity contribution is 5.76. The van der Waals surface area contributed by atoms with Gasteiger partial charge in [-0.15, -0.1) is 10.2 Å². The summed E-state index contributed by atoms with van der Waals surface area (Å²) < 4.78 is 13.3. The van der Waals surface area contributed by atoms with Crippen molar-refractivity contribution in [3.8, 4) is 11.4 Å². The molecular weight excluding hydrogens is 333 g/mol. The van der Waals surface area contributed by atoms with E-state index in [1.165, 1.54) is 28.1 Å². The lowest BCUT2D eigenvalue weighted by molar-refractivity contribution is -0.122. The van der Waals surface area contributed by atoms with Crippen molar-refractivity contribution < 1.29 is 9.18 Å². The first-order chi connectivity index (χ1) is 12.7. The second-order valence-corrected chi connectivity index (χ2v) is 6.36. The number of hydrogen-bond donors (Lipinski definition) is 1. The fraction of sp³-hybridized carbons (Fsp3) is 0.263. The van der Waals surface area contributed by atoms with Gasteiger partial charge in [-0.05, 0) is 47.7 Å². The Morgan fingerprint density at radius 3 is 3.00 bits per heavy atom. The molecule has 1 amide bonds. The minimum Gasteiger partial charge on any atom is -0.348 e. The number of benzene rings is 2. The number of nitrogens with zero attached hydrogens (tertiary/aromatic N) is 4. The summed E-state index contributed by atoms with van der Waals surface area (Å²) in [6.07, 6.45) is 3.01. The van der Waals surface area contributed by atoms with Crippen LogP contribution in [0.4, 0.5) is 4.39 Å². The third kappa shape index (κ3) is 3.46. The number of fused-ring (bicyclic) bond motifs is 1. The molecule has 0 radical (unpaired) electrons. The van der Waals surface area contributed by atoms with Crippen LogP contribution in [0.1, 0.15) is 30.0 Å². The zero-order chi connectivity index (χ0) is 17.9. The Morgan fingerprint density at radius 2 is 2.12 bits per heavy atom. The van der Waals surface area contributed by atoms with Crippen LogP contribution < -0.4 is 5.32 Å². The van der Waals surface area contributed by atoms with Crippen LogP contribution in [0.2, 0.25) is 0 Å². The maximum Gasteiger partial charge on any atom is 0.244 e. The highest BCUT2D eigenvalue weighted by Gasteiger charge is 2.21. The molecular formula is C19H18FN5O. The van der Waals surface area contributed by atoms with Gasteiger partial charge >= 0.3 is 0 Å². The van der Waals surface area contributed by atoms with Crippen LogP contribution in [0.15, 0.2) is 48.5 Å². The number of aryl methyl sites for hydroxylation is 1. The van der Waals surface area contributed by atoms with Gasteiger partial charge in [-0.3, -0.25) is 4.79 Å². The highest BCUT2D eigenvalue weighted by Crippen LogP contribution is 2.29.